The van der Waals surface area contributed by atoms with Crippen molar-refractivity contribution in [1.29, 1.82) is 5.26 Å². The van der Waals surface area contributed by atoms with Gasteiger partial charge in [-0.2, -0.15) is 5.26 Å². The predicted molar refractivity (Wildman–Crippen MR) is 77.8 cm³/mol. The lowest BCUT2D eigenvalue weighted by atomic mass is 10.1. The second-order valence-electron chi connectivity index (χ2n) is 4.05. The number of hydrogen-bond acceptors (Lipinski definition) is 3. The van der Waals surface area contributed by atoms with Crippen LogP contribution in [0.2, 0.25) is 0 Å². The Bertz CT molecular complexity index is 702. The third-order valence-electron chi connectivity index (χ3n) is 2.61. The van der Waals surface area contributed by atoms with E-state index in [1.54, 1.807) is 6.19 Å². The summed E-state index contributed by atoms with van der Waals surface area (Å²) in [7, 11) is 0. The summed E-state index contributed by atoms with van der Waals surface area (Å²) in [6, 6.07) is 13.5. The van der Waals surface area contributed by atoms with Crippen LogP contribution in [0.15, 0.2) is 47.5 Å². The quantitative estimate of drug-likeness (QED) is 0.336. The number of carbonyl (C=O) groups is 1. The topological polar surface area (TPSA) is 103 Å². The van der Waals surface area contributed by atoms with Crippen LogP contribution in [0.1, 0.15) is 0 Å². The minimum atomic E-state index is -0.303. The van der Waals surface area contributed by atoms with Gasteiger partial charge in [-0.15, -0.1) is 0 Å². The molecular weight excluding hydrogens is 254 g/mol. The zero-order chi connectivity index (χ0) is 14.4. The van der Waals surface area contributed by atoms with E-state index in [0.29, 0.717) is 5.69 Å². The lowest BCUT2D eigenvalue weighted by Crippen LogP contribution is -2.29. The highest BCUT2D eigenvalue weighted by Gasteiger charge is 2.02. The molecule has 2 aromatic rings. The summed E-state index contributed by atoms with van der Waals surface area (Å²) < 4.78 is 0. The molecule has 0 saturated carbocycles. The van der Waals surface area contributed by atoms with Gasteiger partial charge in [-0.25, -0.2) is 4.99 Å². The molecule has 0 fully saturated rings. The Kier molecular flexibility index (Phi) is 4.14. The number of anilines is 1. The number of nitrogens with two attached hydrogens (primary N) is 1. The molecule has 6 heteroatoms. The molecule has 0 bridgehead atoms. The third kappa shape index (κ3) is 3.46. The van der Waals surface area contributed by atoms with Crippen LogP contribution in [0.25, 0.3) is 10.8 Å². The first kappa shape index (κ1) is 13.4. The molecule has 0 atom stereocenters. The first-order valence-electron chi connectivity index (χ1n) is 5.93. The Labute approximate surface area is 115 Å². The van der Waals surface area contributed by atoms with Gasteiger partial charge in [-0.1, -0.05) is 30.3 Å². The molecule has 0 aliphatic heterocycles. The SMILES string of the molecule is N#CNC(N)=NCC(=O)Nc1ccc2ccccc2c1. The van der Waals surface area contributed by atoms with E-state index in [2.05, 4.69) is 15.6 Å². The Morgan fingerprint density at radius 1 is 1.25 bits per heavy atom. The molecule has 2 aromatic carbocycles. The third-order valence-corrected chi connectivity index (χ3v) is 2.61. The van der Waals surface area contributed by atoms with Crippen molar-refractivity contribution in [3.8, 4) is 6.19 Å². The summed E-state index contributed by atoms with van der Waals surface area (Å²) in [6.07, 6.45) is 1.62. The van der Waals surface area contributed by atoms with Crippen LogP contribution in [0.5, 0.6) is 0 Å². The summed E-state index contributed by atoms with van der Waals surface area (Å²) in [5, 5.41) is 15.3. The van der Waals surface area contributed by atoms with E-state index < -0.39 is 0 Å². The molecule has 0 aliphatic carbocycles. The van der Waals surface area contributed by atoms with Crippen molar-refractivity contribution < 1.29 is 4.79 Å². The number of guanidine groups is 1. The molecule has 4 N–H and O–H groups in total. The average Bonchev–Trinajstić information content (AvgIpc) is 2.45. The van der Waals surface area contributed by atoms with Gasteiger partial charge < -0.3 is 11.1 Å². The maximum atomic E-state index is 11.7. The van der Waals surface area contributed by atoms with Crippen molar-refractivity contribution in [1.82, 2.24) is 5.32 Å². The van der Waals surface area contributed by atoms with Gasteiger partial charge >= 0.3 is 0 Å². The van der Waals surface area contributed by atoms with Crippen LogP contribution in [0.4, 0.5) is 5.69 Å². The lowest BCUT2D eigenvalue weighted by molar-refractivity contribution is -0.114. The molecule has 2 rings (SSSR count). The average molecular weight is 267 g/mol. The molecule has 0 radical (unpaired) electrons. The fraction of sp³-hybridized carbons (Fsp3) is 0.0714. The van der Waals surface area contributed by atoms with Gasteiger partial charge in [0.05, 0.1) is 0 Å². The van der Waals surface area contributed by atoms with Crippen molar-refractivity contribution in [3.63, 3.8) is 0 Å². The minimum absolute atomic E-state index is 0.0823. The Balaban J connectivity index is 2.03. The molecule has 0 spiro atoms. The van der Waals surface area contributed by atoms with Gasteiger partial charge in [0.25, 0.3) is 0 Å². The summed E-state index contributed by atoms with van der Waals surface area (Å²) in [6.45, 7) is -0.145. The fourth-order valence-electron chi connectivity index (χ4n) is 1.72. The number of amides is 1. The number of benzene rings is 2. The first-order chi connectivity index (χ1) is 9.69. The Hall–Kier alpha value is -3.07. The van der Waals surface area contributed by atoms with E-state index in [1.165, 1.54) is 0 Å². The van der Waals surface area contributed by atoms with E-state index in [-0.39, 0.29) is 18.4 Å². The molecule has 0 aromatic heterocycles. The second-order valence-corrected chi connectivity index (χ2v) is 4.05. The van der Waals surface area contributed by atoms with Crippen LogP contribution in [-0.4, -0.2) is 18.4 Å². The molecule has 0 saturated heterocycles. The van der Waals surface area contributed by atoms with Gasteiger partial charge in [-0.3, -0.25) is 10.1 Å². The molecule has 20 heavy (non-hydrogen) atoms. The molecule has 0 aliphatic rings. The van der Waals surface area contributed by atoms with Crippen LogP contribution in [0.3, 0.4) is 0 Å². The largest absolute Gasteiger partial charge is 0.369 e. The normalized spacial score (nSPS) is 10.8. The van der Waals surface area contributed by atoms with Crippen LogP contribution >= 0.6 is 0 Å². The van der Waals surface area contributed by atoms with Crippen LogP contribution < -0.4 is 16.4 Å². The van der Waals surface area contributed by atoms with Gasteiger partial charge in [0, 0.05) is 5.69 Å². The van der Waals surface area contributed by atoms with Crippen molar-refractivity contribution in [2.24, 2.45) is 10.7 Å². The fourth-order valence-corrected chi connectivity index (χ4v) is 1.72. The molecule has 0 unspecified atom stereocenters. The maximum absolute atomic E-state index is 11.7. The highest BCUT2D eigenvalue weighted by molar-refractivity contribution is 5.96. The van der Waals surface area contributed by atoms with E-state index in [0.717, 1.165) is 10.8 Å². The number of aliphatic imine (C=N–C) groups is 1. The van der Waals surface area contributed by atoms with Gasteiger partial charge in [0.2, 0.25) is 11.9 Å². The highest BCUT2D eigenvalue weighted by atomic mass is 16.1. The van der Waals surface area contributed by atoms with Crippen molar-refractivity contribution in [3.05, 3.63) is 42.5 Å². The molecule has 6 nitrogen and oxygen atoms in total. The number of nitrogens with one attached hydrogen (secondary N) is 2. The summed E-state index contributed by atoms with van der Waals surface area (Å²) in [5.74, 6) is -0.385. The molecule has 0 heterocycles. The molecule has 1 amide bonds. The lowest BCUT2D eigenvalue weighted by Gasteiger charge is -2.05. The Morgan fingerprint density at radius 3 is 2.75 bits per heavy atom. The molecule has 100 valence electrons. The maximum Gasteiger partial charge on any atom is 0.246 e. The number of carbonyl (C=O) groups excluding carboxylic acids is 1. The van der Waals surface area contributed by atoms with E-state index >= 15 is 0 Å². The van der Waals surface area contributed by atoms with Crippen molar-refractivity contribution in [2.45, 2.75) is 0 Å². The van der Waals surface area contributed by atoms with Crippen LogP contribution in [0, 0.1) is 11.5 Å². The number of nitrogens with zero attached hydrogens (tertiary/aromatic N) is 2. The predicted octanol–water partition coefficient (Wildman–Crippen LogP) is 1.16. The summed E-state index contributed by atoms with van der Waals surface area (Å²) >= 11 is 0. The monoisotopic (exact) mass is 267 g/mol. The van der Waals surface area contributed by atoms with Crippen molar-refractivity contribution in [2.75, 3.05) is 11.9 Å². The van der Waals surface area contributed by atoms with E-state index in [9.17, 15) is 4.79 Å². The zero-order valence-corrected chi connectivity index (χ0v) is 10.6. The number of hydrogen-bond donors (Lipinski definition) is 3. The highest BCUT2D eigenvalue weighted by Crippen LogP contribution is 2.18. The standard InChI is InChI=1S/C14H13N5O/c15-9-18-14(16)17-8-13(20)19-12-6-5-10-3-1-2-4-11(10)7-12/h1-7H,8H2,(H,19,20)(H3,16,17,18). The number of fused-ring (bicyclic) bond motifs is 1. The summed E-state index contributed by atoms with van der Waals surface area (Å²) in [5.41, 5.74) is 6.03. The summed E-state index contributed by atoms with van der Waals surface area (Å²) in [4.78, 5) is 15.4. The Morgan fingerprint density at radius 2 is 2.00 bits per heavy atom. The second kappa shape index (κ2) is 6.20. The van der Waals surface area contributed by atoms with Crippen LogP contribution in [-0.2, 0) is 4.79 Å². The zero-order valence-electron chi connectivity index (χ0n) is 10.6. The minimum Gasteiger partial charge on any atom is -0.369 e. The smallest absolute Gasteiger partial charge is 0.246 e. The number of rotatable bonds is 3. The number of nitriles is 1. The first-order valence-corrected chi connectivity index (χ1v) is 5.93. The van der Waals surface area contributed by atoms with Gasteiger partial charge in [0.15, 0.2) is 6.19 Å². The van der Waals surface area contributed by atoms with Gasteiger partial charge in [-0.05, 0) is 22.9 Å². The van der Waals surface area contributed by atoms with Crippen molar-refractivity contribution >= 4 is 28.3 Å². The molecular formula is C14H13N5O. The van der Waals surface area contributed by atoms with E-state index in [1.807, 2.05) is 42.5 Å². The van der Waals surface area contributed by atoms with E-state index in [4.69, 9.17) is 11.0 Å². The van der Waals surface area contributed by atoms with Gasteiger partial charge in [0.1, 0.15) is 6.54 Å².